The van der Waals surface area contributed by atoms with Gasteiger partial charge in [0.25, 0.3) is 0 Å². The minimum Gasteiger partial charge on any atom is -0.353 e. The number of nitrogens with zero attached hydrogens (tertiary/aromatic N) is 4. The van der Waals surface area contributed by atoms with Crippen LogP contribution in [0.4, 0.5) is 5.95 Å². The number of nitrogens with one attached hydrogen (secondary N) is 1. The smallest absolute Gasteiger partial charge is 0.242 e. The molecule has 1 rings (SSSR count). The van der Waals surface area contributed by atoms with Crippen LogP contribution in [-0.2, 0) is 7.05 Å². The van der Waals surface area contributed by atoms with Gasteiger partial charge in [0.05, 0.1) is 0 Å². The van der Waals surface area contributed by atoms with E-state index in [1.54, 1.807) is 4.68 Å². The molecule has 0 radical (unpaired) electrons. The largest absolute Gasteiger partial charge is 0.353 e. The molecule has 0 fully saturated rings. The van der Waals surface area contributed by atoms with Crippen LogP contribution in [0.15, 0.2) is 0 Å². The van der Waals surface area contributed by atoms with Crippen molar-refractivity contribution < 1.29 is 0 Å². The molecule has 1 aromatic rings. The Morgan fingerprint density at radius 2 is 2.08 bits per heavy atom. The Morgan fingerprint density at radius 1 is 1.42 bits per heavy atom. The molecule has 1 heterocycles. The summed E-state index contributed by atoms with van der Waals surface area (Å²) >= 11 is 0. The zero-order valence-corrected chi connectivity index (χ0v) is 8.00. The average Bonchev–Trinajstić information content (AvgIpc) is 2.29. The molecule has 5 heteroatoms. The highest BCUT2D eigenvalue weighted by Gasteiger charge is 2.11. The van der Waals surface area contributed by atoms with Gasteiger partial charge in [-0.1, -0.05) is 25.9 Å². The van der Waals surface area contributed by atoms with Crippen LogP contribution in [0.5, 0.6) is 0 Å². The fourth-order valence-electron chi connectivity index (χ4n) is 0.723. The molecule has 12 heavy (non-hydrogen) atoms. The number of aromatic nitrogens is 4. The lowest BCUT2D eigenvalue weighted by Crippen LogP contribution is -2.20. The van der Waals surface area contributed by atoms with E-state index < -0.39 is 0 Å². The third-order valence-corrected chi connectivity index (χ3v) is 1.40. The number of rotatable bonds is 2. The van der Waals surface area contributed by atoms with E-state index in [0.29, 0.717) is 5.95 Å². The molecular weight excluding hydrogens is 154 g/mol. The second-order valence-electron chi connectivity index (χ2n) is 4.04. The van der Waals surface area contributed by atoms with Gasteiger partial charge in [0.1, 0.15) is 0 Å². The van der Waals surface area contributed by atoms with Gasteiger partial charge in [0.15, 0.2) is 0 Å². The summed E-state index contributed by atoms with van der Waals surface area (Å²) in [7, 11) is 1.81. The van der Waals surface area contributed by atoms with E-state index in [4.69, 9.17) is 0 Å². The lowest BCUT2D eigenvalue weighted by molar-refractivity contribution is 0.441. The molecule has 1 aromatic heterocycles. The number of hydrogen-bond donors (Lipinski definition) is 1. The minimum atomic E-state index is 0.242. The summed E-state index contributed by atoms with van der Waals surface area (Å²) in [6, 6.07) is 0. The van der Waals surface area contributed by atoms with Gasteiger partial charge in [-0.3, -0.25) is 0 Å². The molecule has 0 atom stereocenters. The van der Waals surface area contributed by atoms with E-state index in [-0.39, 0.29) is 5.41 Å². The molecule has 0 unspecified atom stereocenters. The topological polar surface area (TPSA) is 55.6 Å². The van der Waals surface area contributed by atoms with Crippen LogP contribution in [-0.4, -0.2) is 26.8 Å². The molecule has 0 spiro atoms. The first-order valence-corrected chi connectivity index (χ1v) is 3.95. The number of hydrogen-bond acceptors (Lipinski definition) is 4. The molecule has 68 valence electrons. The van der Waals surface area contributed by atoms with E-state index >= 15 is 0 Å². The van der Waals surface area contributed by atoms with Crippen LogP contribution in [0.2, 0.25) is 0 Å². The summed E-state index contributed by atoms with van der Waals surface area (Å²) < 4.78 is 1.62. The molecule has 0 aliphatic rings. The van der Waals surface area contributed by atoms with Crippen molar-refractivity contribution in [2.75, 3.05) is 11.9 Å². The molecule has 0 saturated heterocycles. The first kappa shape index (κ1) is 8.96. The third-order valence-electron chi connectivity index (χ3n) is 1.40. The van der Waals surface area contributed by atoms with Gasteiger partial charge in [0, 0.05) is 13.6 Å². The van der Waals surface area contributed by atoms with Gasteiger partial charge in [-0.15, -0.1) is 0 Å². The summed E-state index contributed by atoms with van der Waals surface area (Å²) in [4.78, 5) is 0. The molecule has 0 bridgehead atoms. The fraction of sp³-hybridized carbons (Fsp3) is 0.857. The van der Waals surface area contributed by atoms with Crippen molar-refractivity contribution in [3.05, 3.63) is 0 Å². The van der Waals surface area contributed by atoms with Gasteiger partial charge in [0.2, 0.25) is 5.95 Å². The molecule has 0 aliphatic heterocycles. The van der Waals surface area contributed by atoms with Crippen LogP contribution in [0.25, 0.3) is 0 Å². The van der Waals surface area contributed by atoms with E-state index in [0.717, 1.165) is 6.54 Å². The molecular formula is C7H15N5. The lowest BCUT2D eigenvalue weighted by Gasteiger charge is -2.18. The van der Waals surface area contributed by atoms with Gasteiger partial charge in [-0.25, -0.2) is 4.68 Å². The molecule has 0 aliphatic carbocycles. The molecule has 5 nitrogen and oxygen atoms in total. The first-order valence-electron chi connectivity index (χ1n) is 3.95. The average molecular weight is 169 g/mol. The molecule has 1 N–H and O–H groups in total. The van der Waals surface area contributed by atoms with Crippen molar-refractivity contribution in [3.63, 3.8) is 0 Å². The Hall–Kier alpha value is -1.13. The highest BCUT2D eigenvalue weighted by molar-refractivity contribution is 5.21. The van der Waals surface area contributed by atoms with Crippen molar-refractivity contribution in [2.45, 2.75) is 20.8 Å². The fourth-order valence-corrected chi connectivity index (χ4v) is 0.723. The highest BCUT2D eigenvalue weighted by atomic mass is 15.6. The number of anilines is 1. The SMILES string of the molecule is Cn1nnnc1NCC(C)(C)C. The second kappa shape index (κ2) is 3.08. The highest BCUT2D eigenvalue weighted by Crippen LogP contribution is 2.12. The summed E-state index contributed by atoms with van der Waals surface area (Å²) in [6.45, 7) is 7.33. The van der Waals surface area contributed by atoms with Crippen molar-refractivity contribution in [1.29, 1.82) is 0 Å². The van der Waals surface area contributed by atoms with Crippen molar-refractivity contribution >= 4 is 5.95 Å². The Kier molecular flexibility index (Phi) is 2.30. The monoisotopic (exact) mass is 169 g/mol. The Bertz CT molecular complexity index is 247. The Labute approximate surface area is 72.2 Å². The molecule has 0 amide bonds. The van der Waals surface area contributed by atoms with Gasteiger partial charge in [-0.2, -0.15) is 0 Å². The minimum absolute atomic E-state index is 0.242. The third kappa shape index (κ3) is 2.48. The first-order chi connectivity index (χ1) is 5.49. The van der Waals surface area contributed by atoms with E-state index in [2.05, 4.69) is 41.6 Å². The zero-order valence-electron chi connectivity index (χ0n) is 8.00. The van der Waals surface area contributed by atoms with Crippen molar-refractivity contribution in [1.82, 2.24) is 20.2 Å². The van der Waals surface area contributed by atoms with Crippen LogP contribution < -0.4 is 5.32 Å². The predicted molar refractivity (Wildman–Crippen MR) is 46.7 cm³/mol. The number of aryl methyl sites for hydroxylation is 1. The van der Waals surface area contributed by atoms with E-state index in [1.165, 1.54) is 0 Å². The van der Waals surface area contributed by atoms with Crippen LogP contribution in [0.1, 0.15) is 20.8 Å². The lowest BCUT2D eigenvalue weighted by atomic mass is 9.97. The van der Waals surface area contributed by atoms with Crippen LogP contribution in [0, 0.1) is 5.41 Å². The standard InChI is InChI=1S/C7H15N5/c1-7(2,3)5-8-6-9-10-11-12(6)4/h5H2,1-4H3,(H,8,9,11). The van der Waals surface area contributed by atoms with Crippen LogP contribution >= 0.6 is 0 Å². The predicted octanol–water partition coefficient (Wildman–Crippen LogP) is 0.668. The van der Waals surface area contributed by atoms with E-state index in [9.17, 15) is 0 Å². The van der Waals surface area contributed by atoms with Gasteiger partial charge in [-0.05, 0) is 15.8 Å². The summed E-state index contributed by atoms with van der Waals surface area (Å²) in [5, 5.41) is 14.2. The Balaban J connectivity index is 2.49. The second-order valence-corrected chi connectivity index (χ2v) is 4.04. The van der Waals surface area contributed by atoms with E-state index in [1.807, 2.05) is 7.05 Å². The summed E-state index contributed by atoms with van der Waals surface area (Å²) in [5.74, 6) is 0.713. The summed E-state index contributed by atoms with van der Waals surface area (Å²) in [6.07, 6.45) is 0. The van der Waals surface area contributed by atoms with Gasteiger partial charge >= 0.3 is 0 Å². The maximum Gasteiger partial charge on any atom is 0.242 e. The molecule has 0 saturated carbocycles. The Morgan fingerprint density at radius 3 is 2.50 bits per heavy atom. The quantitative estimate of drug-likeness (QED) is 0.707. The van der Waals surface area contributed by atoms with Crippen molar-refractivity contribution in [3.8, 4) is 0 Å². The van der Waals surface area contributed by atoms with Gasteiger partial charge < -0.3 is 5.32 Å². The zero-order chi connectivity index (χ0) is 9.19. The number of tetrazole rings is 1. The maximum atomic E-state index is 3.81. The maximum absolute atomic E-state index is 3.81. The molecule has 0 aromatic carbocycles. The summed E-state index contributed by atoms with van der Waals surface area (Å²) in [5.41, 5.74) is 0.242. The van der Waals surface area contributed by atoms with Crippen LogP contribution in [0.3, 0.4) is 0 Å². The normalized spacial score (nSPS) is 11.7. The van der Waals surface area contributed by atoms with Crippen molar-refractivity contribution in [2.24, 2.45) is 12.5 Å².